The second-order valence-corrected chi connectivity index (χ2v) is 7.54. The number of halogens is 1. The van der Waals surface area contributed by atoms with Crippen molar-refractivity contribution in [3.05, 3.63) is 51.5 Å². The third-order valence-corrected chi connectivity index (χ3v) is 5.56. The smallest absolute Gasteiger partial charge is 0.419 e. The summed E-state index contributed by atoms with van der Waals surface area (Å²) < 4.78 is 39.4. The summed E-state index contributed by atoms with van der Waals surface area (Å²) in [4.78, 5) is 11.4. The maximum atomic E-state index is 12.8. The molecule has 0 atom stereocenters. The predicted octanol–water partition coefficient (Wildman–Crippen LogP) is 2.90. The van der Waals surface area contributed by atoms with Crippen molar-refractivity contribution in [3.8, 4) is 5.75 Å². The summed E-state index contributed by atoms with van der Waals surface area (Å²) >= 11 is 6.13. The van der Waals surface area contributed by atoms with E-state index in [1.165, 1.54) is 30.9 Å². The van der Waals surface area contributed by atoms with Gasteiger partial charge >= 0.3 is 5.76 Å². The van der Waals surface area contributed by atoms with Crippen LogP contribution in [0.3, 0.4) is 0 Å². The van der Waals surface area contributed by atoms with Gasteiger partial charge < -0.3 is 9.15 Å². The van der Waals surface area contributed by atoms with Crippen LogP contribution >= 0.6 is 11.6 Å². The third-order valence-electron chi connectivity index (χ3n) is 3.73. The van der Waals surface area contributed by atoms with Crippen LogP contribution in [0, 0.1) is 6.92 Å². The lowest BCUT2D eigenvalue weighted by Gasteiger charge is -2.13. The number of methoxy groups -OCH3 is 1. The molecule has 0 spiro atoms. The normalized spacial score (nSPS) is 11.7. The number of ether oxygens (including phenoxy) is 1. The molecule has 0 radical (unpaired) electrons. The molecule has 2 aromatic carbocycles. The van der Waals surface area contributed by atoms with Crippen LogP contribution in [0.5, 0.6) is 5.75 Å². The Hall–Kier alpha value is -2.45. The van der Waals surface area contributed by atoms with Gasteiger partial charge in [0, 0.05) is 13.1 Å². The molecule has 25 heavy (non-hydrogen) atoms. The first kappa shape index (κ1) is 17.4. The van der Waals surface area contributed by atoms with Gasteiger partial charge in [0.2, 0.25) is 0 Å². The molecule has 0 unspecified atom stereocenters. The first-order chi connectivity index (χ1) is 11.7. The largest absolute Gasteiger partial charge is 0.495 e. The molecule has 0 saturated carbocycles. The number of nitrogens with one attached hydrogen (secondary N) is 1. The van der Waals surface area contributed by atoms with Crippen molar-refractivity contribution in [1.29, 1.82) is 0 Å². The topological polar surface area (TPSA) is 90.5 Å². The Morgan fingerprint density at radius 2 is 1.96 bits per heavy atom. The number of aromatic nitrogens is 1. The van der Waals surface area contributed by atoms with E-state index in [1.807, 2.05) is 6.92 Å². The number of aryl methyl sites for hydroxylation is 2. The molecule has 0 fully saturated rings. The Balaban J connectivity index is 2.12. The molecular weight excluding hydrogens is 368 g/mol. The molecule has 1 heterocycles. The Morgan fingerprint density at radius 1 is 1.24 bits per heavy atom. The molecule has 0 aliphatic rings. The standard InChI is InChI=1S/C16H15ClN2O5S/c1-9-4-5-13(23-3)11(6-9)18-25(21,22)15-8-14-12(7-10(15)17)19(2)16(20)24-14/h4-8,18H,1-3H3. The Labute approximate surface area is 148 Å². The Kier molecular flexibility index (Phi) is 4.26. The number of hydrogen-bond donors (Lipinski definition) is 1. The Morgan fingerprint density at radius 3 is 2.64 bits per heavy atom. The molecule has 0 aliphatic carbocycles. The van der Waals surface area contributed by atoms with E-state index in [0.717, 1.165) is 5.56 Å². The van der Waals surface area contributed by atoms with E-state index in [0.29, 0.717) is 11.3 Å². The molecule has 1 N–H and O–H groups in total. The molecule has 3 aromatic rings. The molecule has 0 bridgehead atoms. The number of rotatable bonds is 4. The number of hydrogen-bond acceptors (Lipinski definition) is 5. The summed E-state index contributed by atoms with van der Waals surface area (Å²) in [5.41, 5.74) is 1.68. The molecule has 0 aliphatic heterocycles. The van der Waals surface area contributed by atoms with E-state index < -0.39 is 15.8 Å². The number of sulfonamides is 1. The van der Waals surface area contributed by atoms with Crippen molar-refractivity contribution < 1.29 is 17.6 Å². The van der Waals surface area contributed by atoms with Gasteiger partial charge in [-0.25, -0.2) is 13.2 Å². The summed E-state index contributed by atoms with van der Waals surface area (Å²) in [6.45, 7) is 1.83. The minimum atomic E-state index is -4.02. The van der Waals surface area contributed by atoms with Crippen molar-refractivity contribution >= 4 is 38.4 Å². The number of oxazole rings is 1. The zero-order valence-corrected chi connectivity index (χ0v) is 15.2. The zero-order valence-electron chi connectivity index (χ0n) is 13.7. The van der Waals surface area contributed by atoms with Gasteiger partial charge in [0.25, 0.3) is 10.0 Å². The molecular formula is C16H15ClN2O5S. The van der Waals surface area contributed by atoms with Crippen LogP contribution in [-0.4, -0.2) is 20.1 Å². The molecule has 7 nitrogen and oxygen atoms in total. The van der Waals surface area contributed by atoms with E-state index in [1.54, 1.807) is 18.2 Å². The highest BCUT2D eigenvalue weighted by atomic mass is 35.5. The number of nitrogens with zero attached hydrogens (tertiary/aromatic N) is 1. The fraction of sp³-hybridized carbons (Fsp3) is 0.188. The van der Waals surface area contributed by atoms with Gasteiger partial charge in [-0.3, -0.25) is 9.29 Å². The minimum Gasteiger partial charge on any atom is -0.495 e. The maximum Gasteiger partial charge on any atom is 0.419 e. The van der Waals surface area contributed by atoms with Crippen molar-refractivity contribution in [1.82, 2.24) is 4.57 Å². The van der Waals surface area contributed by atoms with Gasteiger partial charge in [-0.15, -0.1) is 0 Å². The van der Waals surface area contributed by atoms with Gasteiger partial charge in [-0.05, 0) is 30.7 Å². The molecule has 0 amide bonds. The van der Waals surface area contributed by atoms with Crippen molar-refractivity contribution in [3.63, 3.8) is 0 Å². The van der Waals surface area contributed by atoms with Crippen LogP contribution in [0.2, 0.25) is 5.02 Å². The summed E-state index contributed by atoms with van der Waals surface area (Å²) in [7, 11) is -1.07. The molecule has 1 aromatic heterocycles. The van der Waals surface area contributed by atoms with Crippen molar-refractivity contribution in [2.75, 3.05) is 11.8 Å². The first-order valence-corrected chi connectivity index (χ1v) is 9.05. The van der Waals surface area contributed by atoms with Crippen LogP contribution in [0.25, 0.3) is 11.1 Å². The molecule has 9 heteroatoms. The van der Waals surface area contributed by atoms with Crippen LogP contribution in [0.15, 0.2) is 44.4 Å². The van der Waals surface area contributed by atoms with Gasteiger partial charge in [-0.2, -0.15) is 0 Å². The van der Waals surface area contributed by atoms with Crippen molar-refractivity contribution in [2.45, 2.75) is 11.8 Å². The highest BCUT2D eigenvalue weighted by Gasteiger charge is 2.22. The average molecular weight is 383 g/mol. The van der Waals surface area contributed by atoms with E-state index >= 15 is 0 Å². The van der Waals surface area contributed by atoms with E-state index in [2.05, 4.69) is 4.72 Å². The summed E-state index contributed by atoms with van der Waals surface area (Å²) in [6.07, 6.45) is 0. The van der Waals surface area contributed by atoms with Gasteiger partial charge in [-0.1, -0.05) is 17.7 Å². The summed E-state index contributed by atoms with van der Waals surface area (Å²) in [5.74, 6) is -0.230. The summed E-state index contributed by atoms with van der Waals surface area (Å²) in [6, 6.07) is 7.71. The number of benzene rings is 2. The van der Waals surface area contributed by atoms with Crippen LogP contribution in [0.1, 0.15) is 5.56 Å². The lowest BCUT2D eigenvalue weighted by atomic mass is 10.2. The first-order valence-electron chi connectivity index (χ1n) is 7.19. The number of fused-ring (bicyclic) bond motifs is 1. The van der Waals surface area contributed by atoms with Crippen molar-refractivity contribution in [2.24, 2.45) is 7.05 Å². The second kappa shape index (κ2) is 6.12. The lowest BCUT2D eigenvalue weighted by molar-refractivity contribution is 0.417. The highest BCUT2D eigenvalue weighted by Crippen LogP contribution is 2.31. The minimum absolute atomic E-state index is 0.0250. The van der Waals surface area contributed by atoms with Crippen LogP contribution < -0.4 is 15.2 Å². The SMILES string of the molecule is COc1ccc(C)cc1NS(=O)(=O)c1cc2oc(=O)n(C)c2cc1Cl. The molecule has 132 valence electrons. The maximum absolute atomic E-state index is 12.8. The number of anilines is 1. The van der Waals surface area contributed by atoms with Gasteiger partial charge in [0.1, 0.15) is 10.6 Å². The molecule has 0 saturated heterocycles. The third kappa shape index (κ3) is 3.10. The summed E-state index contributed by atoms with van der Waals surface area (Å²) in [5, 5.41) is -0.0250. The Bertz CT molecular complexity index is 1130. The van der Waals surface area contributed by atoms with E-state index in [9.17, 15) is 13.2 Å². The van der Waals surface area contributed by atoms with Crippen LogP contribution in [0.4, 0.5) is 5.69 Å². The lowest BCUT2D eigenvalue weighted by Crippen LogP contribution is -2.14. The van der Waals surface area contributed by atoms with Gasteiger partial charge in [0.05, 0.1) is 23.3 Å². The fourth-order valence-corrected chi connectivity index (χ4v) is 4.04. The fourth-order valence-electron chi connectivity index (χ4n) is 2.44. The predicted molar refractivity (Wildman–Crippen MR) is 95.0 cm³/mol. The highest BCUT2D eigenvalue weighted by molar-refractivity contribution is 7.92. The van der Waals surface area contributed by atoms with E-state index in [4.69, 9.17) is 20.8 Å². The second-order valence-electron chi connectivity index (χ2n) is 5.49. The quantitative estimate of drug-likeness (QED) is 0.749. The zero-order chi connectivity index (χ0) is 18.4. The monoisotopic (exact) mass is 382 g/mol. The van der Waals surface area contributed by atoms with Gasteiger partial charge in [0.15, 0.2) is 5.58 Å². The van der Waals surface area contributed by atoms with Crippen LogP contribution in [-0.2, 0) is 17.1 Å². The average Bonchev–Trinajstić information content (AvgIpc) is 2.81. The molecule has 3 rings (SSSR count). The van der Waals surface area contributed by atoms with E-state index in [-0.39, 0.29) is 21.2 Å².